The first-order valence-corrected chi connectivity index (χ1v) is 11.8. The Labute approximate surface area is 191 Å². The van der Waals surface area contributed by atoms with Crippen LogP contribution in [0.25, 0.3) is 0 Å². The lowest BCUT2D eigenvalue weighted by atomic mass is 9.93. The third-order valence-electron chi connectivity index (χ3n) is 6.77. The Morgan fingerprint density at radius 3 is 2.56 bits per heavy atom. The number of benzene rings is 2. The maximum atomic E-state index is 13.0. The molecule has 2 unspecified atom stereocenters. The molecule has 5 N–H and O–H groups in total. The summed E-state index contributed by atoms with van der Waals surface area (Å²) in [7, 11) is 0. The minimum absolute atomic E-state index is 0.00650. The fourth-order valence-electron chi connectivity index (χ4n) is 5.07. The van der Waals surface area contributed by atoms with Gasteiger partial charge in [0.05, 0.1) is 12.1 Å². The second kappa shape index (κ2) is 10.0. The minimum atomic E-state index is -0.558. The highest BCUT2D eigenvalue weighted by Crippen LogP contribution is 2.31. The topological polar surface area (TPSA) is 82.4 Å². The van der Waals surface area contributed by atoms with E-state index in [0.717, 1.165) is 51.4 Å². The van der Waals surface area contributed by atoms with Crippen LogP contribution in [0.4, 0.5) is 5.69 Å². The molecule has 6 heteroatoms. The standard InChI is InChI=1S/C26H37N5O/c1-17-12-18(2)21(19(3)13-17)15-23(27)26(32)30-25-6-7-29-24-5-4-20(14-22(24)25)16-31-10-8-28-9-11-31/h4-5,12-14,23,25,28-29H,6-11,15-16,27H2,1-3H3,(H,30,32). The summed E-state index contributed by atoms with van der Waals surface area (Å²) in [6, 6.07) is 10.4. The first-order chi connectivity index (χ1) is 15.4. The zero-order valence-electron chi connectivity index (χ0n) is 19.6. The quantitative estimate of drug-likeness (QED) is 0.561. The van der Waals surface area contributed by atoms with E-state index in [4.69, 9.17) is 5.73 Å². The van der Waals surface area contributed by atoms with Crippen LogP contribution in [0.2, 0.25) is 0 Å². The Bertz CT molecular complexity index is 944. The number of hydrogen-bond donors (Lipinski definition) is 4. The predicted octanol–water partition coefficient (Wildman–Crippen LogP) is 2.56. The van der Waals surface area contributed by atoms with Gasteiger partial charge in [-0.05, 0) is 67.5 Å². The van der Waals surface area contributed by atoms with Crippen molar-refractivity contribution in [3.8, 4) is 0 Å². The molecule has 0 aliphatic carbocycles. The van der Waals surface area contributed by atoms with Crippen LogP contribution in [0.3, 0.4) is 0 Å². The molecule has 6 nitrogen and oxygen atoms in total. The van der Waals surface area contributed by atoms with E-state index in [0.29, 0.717) is 6.42 Å². The number of hydrogen-bond acceptors (Lipinski definition) is 5. The number of aryl methyl sites for hydroxylation is 3. The van der Waals surface area contributed by atoms with Gasteiger partial charge in [-0.25, -0.2) is 0 Å². The first-order valence-electron chi connectivity index (χ1n) is 11.8. The van der Waals surface area contributed by atoms with Gasteiger partial charge in [-0.2, -0.15) is 0 Å². The van der Waals surface area contributed by atoms with E-state index in [2.05, 4.69) is 72.0 Å². The first kappa shape index (κ1) is 22.8. The van der Waals surface area contributed by atoms with Crippen LogP contribution in [0.15, 0.2) is 30.3 Å². The number of nitrogens with zero attached hydrogens (tertiary/aromatic N) is 1. The summed E-state index contributed by atoms with van der Waals surface area (Å²) >= 11 is 0. The van der Waals surface area contributed by atoms with Crippen molar-refractivity contribution in [2.75, 3.05) is 38.0 Å². The molecular weight excluding hydrogens is 398 g/mol. The lowest BCUT2D eigenvalue weighted by Gasteiger charge is -2.31. The molecule has 0 aromatic heterocycles. The molecule has 1 fully saturated rings. The molecule has 4 rings (SSSR count). The maximum absolute atomic E-state index is 13.0. The van der Waals surface area contributed by atoms with Gasteiger partial charge in [0.2, 0.25) is 5.91 Å². The Balaban J connectivity index is 1.44. The molecule has 0 saturated carbocycles. The van der Waals surface area contributed by atoms with Gasteiger partial charge in [0.15, 0.2) is 0 Å². The highest BCUT2D eigenvalue weighted by Gasteiger charge is 2.25. The Morgan fingerprint density at radius 2 is 1.84 bits per heavy atom. The molecule has 2 atom stereocenters. The summed E-state index contributed by atoms with van der Waals surface area (Å²) in [5.41, 5.74) is 14.8. The zero-order valence-corrected chi connectivity index (χ0v) is 19.6. The number of nitrogens with one attached hydrogen (secondary N) is 3. The molecule has 2 aromatic carbocycles. The van der Waals surface area contributed by atoms with E-state index in [1.807, 2.05) is 0 Å². The normalized spacial score (nSPS) is 19.7. The molecule has 1 saturated heterocycles. The van der Waals surface area contributed by atoms with Gasteiger partial charge in [-0.3, -0.25) is 9.69 Å². The number of piperazine rings is 1. The fraction of sp³-hybridized carbons (Fsp3) is 0.500. The molecule has 172 valence electrons. The number of fused-ring (bicyclic) bond motifs is 1. The van der Waals surface area contributed by atoms with Crippen molar-refractivity contribution in [1.82, 2.24) is 15.5 Å². The SMILES string of the molecule is Cc1cc(C)c(CC(N)C(=O)NC2CCNc3ccc(CN4CCNCC4)cc32)c(C)c1. The number of carbonyl (C=O) groups is 1. The number of carbonyl (C=O) groups excluding carboxylic acids is 1. The van der Waals surface area contributed by atoms with Crippen LogP contribution in [0.1, 0.15) is 45.8 Å². The Morgan fingerprint density at radius 1 is 1.12 bits per heavy atom. The molecule has 2 aromatic rings. The van der Waals surface area contributed by atoms with Crippen LogP contribution < -0.4 is 21.7 Å². The number of nitrogens with two attached hydrogens (primary N) is 1. The second-order valence-corrected chi connectivity index (χ2v) is 9.41. The van der Waals surface area contributed by atoms with Crippen molar-refractivity contribution < 1.29 is 4.79 Å². The highest BCUT2D eigenvalue weighted by atomic mass is 16.2. The van der Waals surface area contributed by atoms with Gasteiger partial charge in [0.25, 0.3) is 0 Å². The molecule has 2 aliphatic heterocycles. The van der Waals surface area contributed by atoms with Crippen molar-refractivity contribution in [3.63, 3.8) is 0 Å². The maximum Gasteiger partial charge on any atom is 0.237 e. The van der Waals surface area contributed by atoms with E-state index in [9.17, 15) is 4.79 Å². The van der Waals surface area contributed by atoms with E-state index in [1.165, 1.54) is 33.4 Å². The number of rotatable bonds is 6. The molecule has 1 amide bonds. The highest BCUT2D eigenvalue weighted by molar-refractivity contribution is 5.82. The van der Waals surface area contributed by atoms with Gasteiger partial charge in [0.1, 0.15) is 0 Å². The van der Waals surface area contributed by atoms with Crippen molar-refractivity contribution in [3.05, 3.63) is 63.7 Å². The van der Waals surface area contributed by atoms with E-state index in [1.54, 1.807) is 0 Å². The van der Waals surface area contributed by atoms with Gasteiger partial charge in [-0.15, -0.1) is 0 Å². The molecule has 2 aliphatic rings. The van der Waals surface area contributed by atoms with Crippen LogP contribution in [0, 0.1) is 20.8 Å². The van der Waals surface area contributed by atoms with Gasteiger partial charge < -0.3 is 21.7 Å². The van der Waals surface area contributed by atoms with Crippen molar-refractivity contribution in [1.29, 1.82) is 0 Å². The van der Waals surface area contributed by atoms with E-state index >= 15 is 0 Å². The van der Waals surface area contributed by atoms with Gasteiger partial charge in [0, 0.05) is 45.0 Å². The summed E-state index contributed by atoms with van der Waals surface area (Å²) in [5, 5.41) is 10.1. The van der Waals surface area contributed by atoms with Gasteiger partial charge >= 0.3 is 0 Å². The third kappa shape index (κ3) is 5.31. The Kier molecular flexibility index (Phi) is 7.13. The minimum Gasteiger partial charge on any atom is -0.385 e. The van der Waals surface area contributed by atoms with E-state index < -0.39 is 6.04 Å². The molecule has 0 bridgehead atoms. The van der Waals surface area contributed by atoms with Gasteiger partial charge in [-0.1, -0.05) is 29.8 Å². The lowest BCUT2D eigenvalue weighted by molar-refractivity contribution is -0.123. The average Bonchev–Trinajstić information content (AvgIpc) is 2.77. The summed E-state index contributed by atoms with van der Waals surface area (Å²) in [6.07, 6.45) is 1.43. The number of amides is 1. The van der Waals surface area contributed by atoms with Crippen molar-refractivity contribution in [2.45, 2.75) is 52.2 Å². The lowest BCUT2D eigenvalue weighted by Crippen LogP contribution is -2.45. The van der Waals surface area contributed by atoms with Crippen LogP contribution in [0.5, 0.6) is 0 Å². The summed E-state index contributed by atoms with van der Waals surface area (Å²) < 4.78 is 0. The molecule has 0 radical (unpaired) electrons. The molecular formula is C26H37N5O. The number of anilines is 1. The average molecular weight is 436 g/mol. The summed E-state index contributed by atoms with van der Waals surface area (Å²) in [6.45, 7) is 12.3. The molecule has 2 heterocycles. The Hall–Kier alpha value is -2.41. The summed E-state index contributed by atoms with van der Waals surface area (Å²) in [4.78, 5) is 15.5. The van der Waals surface area contributed by atoms with Crippen LogP contribution in [-0.2, 0) is 17.8 Å². The second-order valence-electron chi connectivity index (χ2n) is 9.41. The molecule has 0 spiro atoms. The van der Waals surface area contributed by atoms with Crippen molar-refractivity contribution >= 4 is 11.6 Å². The zero-order chi connectivity index (χ0) is 22.7. The van der Waals surface area contributed by atoms with Crippen LogP contribution in [-0.4, -0.2) is 49.6 Å². The van der Waals surface area contributed by atoms with Crippen LogP contribution >= 0.6 is 0 Å². The van der Waals surface area contributed by atoms with E-state index in [-0.39, 0.29) is 11.9 Å². The summed E-state index contributed by atoms with van der Waals surface area (Å²) in [5.74, 6) is -0.0743. The fourth-order valence-corrected chi connectivity index (χ4v) is 5.07. The van der Waals surface area contributed by atoms with Crippen molar-refractivity contribution in [2.24, 2.45) is 5.73 Å². The smallest absolute Gasteiger partial charge is 0.237 e. The molecule has 32 heavy (non-hydrogen) atoms. The monoisotopic (exact) mass is 435 g/mol. The predicted molar refractivity (Wildman–Crippen MR) is 131 cm³/mol. The third-order valence-corrected chi connectivity index (χ3v) is 6.77. The largest absolute Gasteiger partial charge is 0.385 e.